The van der Waals surface area contributed by atoms with Crippen LogP contribution in [0.25, 0.3) is 11.5 Å². The van der Waals surface area contributed by atoms with Crippen molar-refractivity contribution in [3.8, 4) is 11.5 Å². The van der Waals surface area contributed by atoms with Gasteiger partial charge in [-0.3, -0.25) is 5.10 Å². The van der Waals surface area contributed by atoms with E-state index < -0.39 is 10.0 Å². The predicted octanol–water partition coefficient (Wildman–Crippen LogP) is 1.49. The SMILES string of the molecule is Cc1ccc(-c2[nH]ncc2CNC2CCN(S(C)(=O)=O)CC2)o1. The van der Waals surface area contributed by atoms with Crippen molar-refractivity contribution in [1.29, 1.82) is 0 Å². The van der Waals surface area contributed by atoms with Crippen molar-refractivity contribution in [1.82, 2.24) is 19.8 Å². The van der Waals surface area contributed by atoms with Gasteiger partial charge < -0.3 is 9.73 Å². The molecule has 3 heterocycles. The molecule has 0 spiro atoms. The maximum atomic E-state index is 11.5. The minimum Gasteiger partial charge on any atom is -0.460 e. The number of sulfonamides is 1. The molecular formula is C15H22N4O3S. The first-order valence-electron chi connectivity index (χ1n) is 7.71. The van der Waals surface area contributed by atoms with Gasteiger partial charge in [0.05, 0.1) is 12.5 Å². The Labute approximate surface area is 136 Å². The normalized spacial score (nSPS) is 17.7. The molecule has 23 heavy (non-hydrogen) atoms. The average molecular weight is 338 g/mol. The smallest absolute Gasteiger partial charge is 0.211 e. The molecule has 0 saturated carbocycles. The maximum absolute atomic E-state index is 11.5. The van der Waals surface area contributed by atoms with E-state index in [9.17, 15) is 8.42 Å². The Bertz CT molecular complexity index is 757. The third kappa shape index (κ3) is 3.82. The zero-order chi connectivity index (χ0) is 16.4. The van der Waals surface area contributed by atoms with Crippen LogP contribution in [0.15, 0.2) is 22.7 Å². The van der Waals surface area contributed by atoms with Crippen LogP contribution in [0.3, 0.4) is 0 Å². The fourth-order valence-electron chi connectivity index (χ4n) is 2.87. The topological polar surface area (TPSA) is 91.2 Å². The molecule has 1 aliphatic rings. The Hall–Kier alpha value is -1.64. The summed E-state index contributed by atoms with van der Waals surface area (Å²) in [5.41, 5.74) is 1.93. The molecular weight excluding hydrogens is 316 g/mol. The van der Waals surface area contributed by atoms with Gasteiger partial charge in [0.2, 0.25) is 10.0 Å². The first-order chi connectivity index (χ1) is 10.9. The van der Waals surface area contributed by atoms with Crippen LogP contribution < -0.4 is 5.32 Å². The fourth-order valence-corrected chi connectivity index (χ4v) is 3.75. The third-order valence-electron chi connectivity index (χ3n) is 4.21. The van der Waals surface area contributed by atoms with Gasteiger partial charge in [-0.1, -0.05) is 0 Å². The van der Waals surface area contributed by atoms with Crippen LogP contribution in [0.4, 0.5) is 0 Å². The van der Waals surface area contributed by atoms with E-state index in [0.717, 1.165) is 35.6 Å². The molecule has 8 heteroatoms. The second-order valence-electron chi connectivity index (χ2n) is 6.00. The number of hydrogen-bond donors (Lipinski definition) is 2. The van der Waals surface area contributed by atoms with Gasteiger partial charge in [0.1, 0.15) is 11.5 Å². The molecule has 1 saturated heterocycles. The van der Waals surface area contributed by atoms with Gasteiger partial charge in [-0.2, -0.15) is 5.10 Å². The van der Waals surface area contributed by atoms with Crippen molar-refractivity contribution in [3.63, 3.8) is 0 Å². The Morgan fingerprint density at radius 2 is 2.13 bits per heavy atom. The standard InChI is InChI=1S/C15H22N4O3S/c1-11-3-4-14(22-11)15-12(10-17-18-15)9-16-13-5-7-19(8-6-13)23(2,20)21/h3-4,10,13,16H,5-9H2,1-2H3,(H,17,18). The largest absolute Gasteiger partial charge is 0.460 e. The number of aryl methyl sites for hydroxylation is 1. The summed E-state index contributed by atoms with van der Waals surface area (Å²) in [4.78, 5) is 0. The zero-order valence-electron chi connectivity index (χ0n) is 13.4. The van der Waals surface area contributed by atoms with Crippen molar-refractivity contribution in [2.45, 2.75) is 32.4 Å². The number of hydrogen-bond acceptors (Lipinski definition) is 5. The number of H-pyrrole nitrogens is 1. The lowest BCUT2D eigenvalue weighted by Gasteiger charge is -2.30. The van der Waals surface area contributed by atoms with Crippen LogP contribution in [0.5, 0.6) is 0 Å². The van der Waals surface area contributed by atoms with Gasteiger partial charge in [0, 0.05) is 31.2 Å². The molecule has 0 radical (unpaired) electrons. The van der Waals surface area contributed by atoms with E-state index in [1.807, 2.05) is 19.1 Å². The van der Waals surface area contributed by atoms with Crippen LogP contribution in [-0.4, -0.2) is 48.3 Å². The lowest BCUT2D eigenvalue weighted by Crippen LogP contribution is -2.44. The van der Waals surface area contributed by atoms with Gasteiger partial charge in [-0.25, -0.2) is 12.7 Å². The highest BCUT2D eigenvalue weighted by atomic mass is 32.2. The Balaban J connectivity index is 1.57. The van der Waals surface area contributed by atoms with E-state index in [1.54, 1.807) is 10.5 Å². The van der Waals surface area contributed by atoms with Gasteiger partial charge in [-0.15, -0.1) is 0 Å². The predicted molar refractivity (Wildman–Crippen MR) is 87.3 cm³/mol. The van der Waals surface area contributed by atoms with Gasteiger partial charge in [0.25, 0.3) is 0 Å². The van der Waals surface area contributed by atoms with Gasteiger partial charge >= 0.3 is 0 Å². The summed E-state index contributed by atoms with van der Waals surface area (Å²) in [6, 6.07) is 4.17. The molecule has 3 rings (SSSR count). The van der Waals surface area contributed by atoms with Crippen molar-refractivity contribution in [2.24, 2.45) is 0 Å². The van der Waals surface area contributed by atoms with E-state index in [-0.39, 0.29) is 0 Å². The van der Waals surface area contributed by atoms with Crippen LogP contribution in [0.1, 0.15) is 24.2 Å². The highest BCUT2D eigenvalue weighted by molar-refractivity contribution is 7.88. The molecule has 0 atom stereocenters. The zero-order valence-corrected chi connectivity index (χ0v) is 14.2. The number of nitrogens with zero attached hydrogens (tertiary/aromatic N) is 2. The Kier molecular flexibility index (Phi) is 4.56. The summed E-state index contributed by atoms with van der Waals surface area (Å²) >= 11 is 0. The molecule has 126 valence electrons. The molecule has 1 fully saturated rings. The molecule has 1 aliphatic heterocycles. The van der Waals surface area contributed by atoms with Crippen molar-refractivity contribution in [3.05, 3.63) is 29.7 Å². The minimum absolute atomic E-state index is 0.314. The Morgan fingerprint density at radius 1 is 1.39 bits per heavy atom. The van der Waals surface area contributed by atoms with Gasteiger partial charge in [0.15, 0.2) is 5.76 Å². The summed E-state index contributed by atoms with van der Waals surface area (Å²) in [6.07, 6.45) is 4.70. The summed E-state index contributed by atoms with van der Waals surface area (Å²) in [6.45, 7) is 3.74. The number of aromatic amines is 1. The first kappa shape index (κ1) is 16.2. The molecule has 0 amide bonds. The van der Waals surface area contributed by atoms with E-state index in [4.69, 9.17) is 4.42 Å². The van der Waals surface area contributed by atoms with Gasteiger partial charge in [-0.05, 0) is 31.9 Å². The lowest BCUT2D eigenvalue weighted by molar-refractivity contribution is 0.290. The number of furan rings is 1. The number of rotatable bonds is 5. The number of piperidine rings is 1. The average Bonchev–Trinajstić information content (AvgIpc) is 3.13. The maximum Gasteiger partial charge on any atom is 0.211 e. The third-order valence-corrected chi connectivity index (χ3v) is 5.51. The molecule has 2 aromatic rings. The summed E-state index contributed by atoms with van der Waals surface area (Å²) in [7, 11) is -3.07. The fraction of sp³-hybridized carbons (Fsp3) is 0.533. The van der Waals surface area contributed by atoms with Crippen molar-refractivity contribution in [2.75, 3.05) is 19.3 Å². The second kappa shape index (κ2) is 6.46. The molecule has 0 bridgehead atoms. The van der Waals surface area contributed by atoms with Crippen molar-refractivity contribution < 1.29 is 12.8 Å². The molecule has 0 aromatic carbocycles. The molecule has 2 N–H and O–H groups in total. The monoisotopic (exact) mass is 338 g/mol. The highest BCUT2D eigenvalue weighted by Crippen LogP contribution is 2.23. The first-order valence-corrected chi connectivity index (χ1v) is 9.56. The van der Waals surface area contributed by atoms with Crippen LogP contribution in [-0.2, 0) is 16.6 Å². The summed E-state index contributed by atoms with van der Waals surface area (Å²) in [5, 5.41) is 10.6. The Morgan fingerprint density at radius 3 is 2.74 bits per heavy atom. The molecule has 7 nitrogen and oxygen atoms in total. The lowest BCUT2D eigenvalue weighted by atomic mass is 10.1. The molecule has 0 aliphatic carbocycles. The van der Waals surface area contributed by atoms with Crippen molar-refractivity contribution >= 4 is 10.0 Å². The van der Waals surface area contributed by atoms with E-state index in [0.29, 0.717) is 25.7 Å². The van der Waals surface area contributed by atoms with E-state index in [2.05, 4.69) is 15.5 Å². The molecule has 2 aromatic heterocycles. The van der Waals surface area contributed by atoms with E-state index >= 15 is 0 Å². The minimum atomic E-state index is -3.07. The number of aromatic nitrogens is 2. The van der Waals surface area contributed by atoms with E-state index in [1.165, 1.54) is 6.26 Å². The quantitative estimate of drug-likeness (QED) is 0.862. The number of nitrogens with one attached hydrogen (secondary N) is 2. The summed E-state index contributed by atoms with van der Waals surface area (Å²) < 4.78 is 30.2. The van der Waals surface area contributed by atoms with Crippen LogP contribution >= 0.6 is 0 Å². The van der Waals surface area contributed by atoms with Crippen LogP contribution in [0, 0.1) is 6.92 Å². The summed E-state index contributed by atoms with van der Waals surface area (Å²) in [5.74, 6) is 1.64. The highest BCUT2D eigenvalue weighted by Gasteiger charge is 2.24. The van der Waals surface area contributed by atoms with Crippen LogP contribution in [0.2, 0.25) is 0 Å². The molecule has 0 unspecified atom stereocenters. The second-order valence-corrected chi connectivity index (χ2v) is 7.98.